The van der Waals surface area contributed by atoms with Gasteiger partial charge in [0, 0.05) is 31.9 Å². The summed E-state index contributed by atoms with van der Waals surface area (Å²) in [6.45, 7) is 0. The Kier molecular flexibility index (Phi) is 5.52. The van der Waals surface area contributed by atoms with Gasteiger partial charge in [0.25, 0.3) is 0 Å². The molecule has 134 valence electrons. The first kappa shape index (κ1) is 18.2. The van der Waals surface area contributed by atoms with Crippen molar-refractivity contribution < 1.29 is 4.79 Å². The number of nitrogens with zero attached hydrogens (tertiary/aromatic N) is 2. The van der Waals surface area contributed by atoms with Crippen LogP contribution in [0.25, 0.3) is 22.2 Å². The van der Waals surface area contributed by atoms with Crippen LogP contribution in [0, 0.1) is 0 Å². The molecule has 2 aromatic heterocycles. The highest BCUT2D eigenvalue weighted by atomic mass is 79.9. The molecular formula is C20H14BrN3OS2. The van der Waals surface area contributed by atoms with E-state index >= 15 is 0 Å². The van der Waals surface area contributed by atoms with Crippen molar-refractivity contribution in [2.45, 2.75) is 4.90 Å². The predicted octanol–water partition coefficient (Wildman–Crippen LogP) is 5.85. The van der Waals surface area contributed by atoms with Gasteiger partial charge in [-0.2, -0.15) is 0 Å². The fraction of sp³-hybridized carbons (Fsp3) is 0.0500. The van der Waals surface area contributed by atoms with Gasteiger partial charge in [-0.25, -0.2) is 4.98 Å². The predicted molar refractivity (Wildman–Crippen MR) is 116 cm³/mol. The van der Waals surface area contributed by atoms with Crippen LogP contribution in [0.4, 0.5) is 5.13 Å². The Morgan fingerprint density at radius 1 is 1.11 bits per heavy atom. The third-order valence-electron chi connectivity index (χ3n) is 3.84. The molecule has 0 aliphatic carbocycles. The van der Waals surface area contributed by atoms with Gasteiger partial charge < -0.3 is 5.32 Å². The molecule has 7 heteroatoms. The summed E-state index contributed by atoms with van der Waals surface area (Å²) in [6.07, 6.45) is 1.77. The molecular weight excluding hydrogens is 442 g/mol. The summed E-state index contributed by atoms with van der Waals surface area (Å²) >= 11 is 6.33. The second kappa shape index (κ2) is 8.21. The minimum absolute atomic E-state index is 0.0790. The van der Waals surface area contributed by atoms with E-state index in [4.69, 9.17) is 0 Å². The molecule has 0 saturated carbocycles. The van der Waals surface area contributed by atoms with E-state index in [0.29, 0.717) is 10.9 Å². The smallest absolute Gasteiger partial charge is 0.236 e. The van der Waals surface area contributed by atoms with Crippen LogP contribution < -0.4 is 5.32 Å². The highest BCUT2D eigenvalue weighted by Gasteiger charge is 2.10. The van der Waals surface area contributed by atoms with Gasteiger partial charge >= 0.3 is 0 Å². The summed E-state index contributed by atoms with van der Waals surface area (Å²) in [4.78, 5) is 22.2. The number of hydrogen-bond acceptors (Lipinski definition) is 5. The Morgan fingerprint density at radius 2 is 1.93 bits per heavy atom. The Hall–Kier alpha value is -2.22. The maximum absolute atomic E-state index is 12.3. The SMILES string of the molecule is O=C(CSc1cccc2cccnc12)Nc1nc(-c2ccc(Br)cc2)cs1. The van der Waals surface area contributed by atoms with Crippen molar-refractivity contribution >= 4 is 61.0 Å². The summed E-state index contributed by atoms with van der Waals surface area (Å²) in [5.74, 6) is 0.229. The maximum atomic E-state index is 12.3. The quantitative estimate of drug-likeness (QED) is 0.383. The number of halogens is 1. The Bertz CT molecular complexity index is 1090. The standard InChI is InChI=1S/C20H14BrN3OS2/c21-15-8-6-13(7-9-15)16-11-27-20(23-16)24-18(25)12-26-17-5-1-3-14-4-2-10-22-19(14)17/h1-11H,12H2,(H,23,24,25). The topological polar surface area (TPSA) is 54.9 Å². The number of thiazole rings is 1. The number of fused-ring (bicyclic) bond motifs is 1. The molecule has 1 N–H and O–H groups in total. The van der Waals surface area contributed by atoms with Gasteiger partial charge in [-0.05, 0) is 24.3 Å². The molecule has 4 aromatic rings. The second-order valence-corrected chi connectivity index (χ2v) is 8.50. The first-order chi connectivity index (χ1) is 13.2. The number of aromatic nitrogens is 2. The van der Waals surface area contributed by atoms with Crippen molar-refractivity contribution in [3.05, 3.63) is 70.6 Å². The van der Waals surface area contributed by atoms with E-state index in [2.05, 4.69) is 31.2 Å². The van der Waals surface area contributed by atoms with Crippen LogP contribution in [0.15, 0.2) is 75.5 Å². The molecule has 4 nitrogen and oxygen atoms in total. The zero-order valence-corrected chi connectivity index (χ0v) is 17.3. The van der Waals surface area contributed by atoms with Crippen LogP contribution in [0.1, 0.15) is 0 Å². The van der Waals surface area contributed by atoms with Crippen LogP contribution in [-0.2, 0) is 4.79 Å². The summed E-state index contributed by atoms with van der Waals surface area (Å²) in [5, 5.41) is 6.50. The Labute approximate surface area is 173 Å². The highest BCUT2D eigenvalue weighted by Crippen LogP contribution is 2.28. The number of carbonyl (C=O) groups excluding carboxylic acids is 1. The van der Waals surface area contributed by atoms with E-state index in [1.54, 1.807) is 6.20 Å². The number of hydrogen-bond donors (Lipinski definition) is 1. The number of pyridine rings is 1. The second-order valence-electron chi connectivity index (χ2n) is 5.71. The van der Waals surface area contributed by atoms with Crippen molar-refractivity contribution in [3.63, 3.8) is 0 Å². The number of para-hydroxylation sites is 1. The molecule has 0 fully saturated rings. The molecule has 0 unspecified atom stereocenters. The Morgan fingerprint density at radius 3 is 2.78 bits per heavy atom. The molecule has 0 spiro atoms. The molecule has 2 aromatic carbocycles. The van der Waals surface area contributed by atoms with Crippen LogP contribution in [0.5, 0.6) is 0 Å². The third kappa shape index (κ3) is 4.37. The van der Waals surface area contributed by atoms with Gasteiger partial charge in [-0.15, -0.1) is 23.1 Å². The number of nitrogens with one attached hydrogen (secondary N) is 1. The van der Waals surface area contributed by atoms with E-state index in [1.165, 1.54) is 23.1 Å². The number of benzene rings is 2. The number of rotatable bonds is 5. The lowest BCUT2D eigenvalue weighted by molar-refractivity contribution is -0.113. The molecule has 27 heavy (non-hydrogen) atoms. The van der Waals surface area contributed by atoms with Gasteiger partial charge in [-0.1, -0.05) is 46.3 Å². The minimum Gasteiger partial charge on any atom is -0.301 e. The van der Waals surface area contributed by atoms with Crippen LogP contribution >= 0.6 is 39.0 Å². The molecule has 4 rings (SSSR count). The Balaban J connectivity index is 1.40. The van der Waals surface area contributed by atoms with Gasteiger partial charge in [0.1, 0.15) is 0 Å². The molecule has 2 heterocycles. The van der Waals surface area contributed by atoms with Crippen LogP contribution in [0.2, 0.25) is 0 Å². The maximum Gasteiger partial charge on any atom is 0.236 e. The average molecular weight is 456 g/mol. The molecule has 0 bridgehead atoms. The zero-order valence-electron chi connectivity index (χ0n) is 14.1. The lowest BCUT2D eigenvalue weighted by Crippen LogP contribution is -2.13. The van der Waals surface area contributed by atoms with E-state index in [-0.39, 0.29) is 5.91 Å². The largest absolute Gasteiger partial charge is 0.301 e. The summed E-state index contributed by atoms with van der Waals surface area (Å²) in [5.41, 5.74) is 2.80. The summed E-state index contributed by atoms with van der Waals surface area (Å²) in [7, 11) is 0. The van der Waals surface area contributed by atoms with Gasteiger partial charge in [-0.3, -0.25) is 9.78 Å². The fourth-order valence-electron chi connectivity index (χ4n) is 2.58. The third-order valence-corrected chi connectivity index (χ3v) is 6.18. The lowest BCUT2D eigenvalue weighted by atomic mass is 10.2. The number of carbonyl (C=O) groups is 1. The normalized spacial score (nSPS) is 10.9. The molecule has 0 atom stereocenters. The van der Waals surface area contributed by atoms with Crippen molar-refractivity contribution in [2.24, 2.45) is 0 Å². The highest BCUT2D eigenvalue weighted by molar-refractivity contribution is 9.10. The van der Waals surface area contributed by atoms with E-state index in [0.717, 1.165) is 31.5 Å². The minimum atomic E-state index is -0.0790. The van der Waals surface area contributed by atoms with E-state index < -0.39 is 0 Å². The van der Waals surface area contributed by atoms with Crippen molar-refractivity contribution in [3.8, 4) is 11.3 Å². The molecule has 0 aliphatic heterocycles. The van der Waals surface area contributed by atoms with Crippen molar-refractivity contribution in [1.29, 1.82) is 0 Å². The molecule has 0 saturated heterocycles. The molecule has 0 radical (unpaired) electrons. The van der Waals surface area contributed by atoms with Crippen LogP contribution in [-0.4, -0.2) is 21.6 Å². The van der Waals surface area contributed by atoms with Crippen molar-refractivity contribution in [2.75, 3.05) is 11.1 Å². The first-order valence-corrected chi connectivity index (χ1v) is 10.8. The van der Waals surface area contributed by atoms with Gasteiger partial charge in [0.2, 0.25) is 5.91 Å². The summed E-state index contributed by atoms with van der Waals surface area (Å²) in [6, 6.07) is 17.9. The molecule has 0 aliphatic rings. The number of amides is 1. The van der Waals surface area contributed by atoms with Crippen LogP contribution in [0.3, 0.4) is 0 Å². The first-order valence-electron chi connectivity index (χ1n) is 8.17. The van der Waals surface area contributed by atoms with E-state index in [9.17, 15) is 4.79 Å². The van der Waals surface area contributed by atoms with Gasteiger partial charge in [0.15, 0.2) is 5.13 Å². The number of anilines is 1. The van der Waals surface area contributed by atoms with Crippen molar-refractivity contribution in [1.82, 2.24) is 9.97 Å². The molecule has 1 amide bonds. The fourth-order valence-corrected chi connectivity index (χ4v) is 4.42. The summed E-state index contributed by atoms with van der Waals surface area (Å²) < 4.78 is 1.02. The lowest BCUT2D eigenvalue weighted by Gasteiger charge is -2.05. The average Bonchev–Trinajstić information content (AvgIpc) is 3.15. The number of thioether (sulfide) groups is 1. The monoisotopic (exact) mass is 455 g/mol. The van der Waals surface area contributed by atoms with Gasteiger partial charge in [0.05, 0.1) is 17.0 Å². The van der Waals surface area contributed by atoms with E-state index in [1.807, 2.05) is 60.0 Å². The zero-order chi connectivity index (χ0) is 18.6.